The zero-order valence-electron chi connectivity index (χ0n) is 11.6. The molecule has 1 atom stereocenters. The molecule has 2 aromatic rings. The molecule has 2 aromatic heterocycles. The van der Waals surface area contributed by atoms with Gasteiger partial charge >= 0.3 is 0 Å². The number of amides is 1. The van der Waals surface area contributed by atoms with E-state index in [2.05, 4.69) is 17.2 Å². The average Bonchev–Trinajstić information content (AvgIpc) is 2.83. The summed E-state index contributed by atoms with van der Waals surface area (Å²) in [5.74, 6) is -0.0901. The molecule has 0 saturated carbocycles. The van der Waals surface area contributed by atoms with Crippen molar-refractivity contribution in [1.29, 1.82) is 0 Å². The van der Waals surface area contributed by atoms with Gasteiger partial charge in [0, 0.05) is 18.4 Å². The smallest absolute Gasteiger partial charge is 0.271 e. The van der Waals surface area contributed by atoms with Crippen LogP contribution in [0.3, 0.4) is 0 Å². The Bertz CT molecular complexity index is 514. The van der Waals surface area contributed by atoms with Crippen LogP contribution in [0.25, 0.3) is 5.65 Å². The summed E-state index contributed by atoms with van der Waals surface area (Å²) >= 11 is 0. The Kier molecular flexibility index (Phi) is 4.55. The van der Waals surface area contributed by atoms with E-state index in [1.165, 1.54) is 12.8 Å². The molecule has 0 aliphatic carbocycles. The third kappa shape index (κ3) is 3.56. The summed E-state index contributed by atoms with van der Waals surface area (Å²) in [6.07, 6.45) is 8.25. The van der Waals surface area contributed by atoms with Crippen LogP contribution in [0.2, 0.25) is 0 Å². The summed E-state index contributed by atoms with van der Waals surface area (Å²) < 4.78 is 1.86. The highest BCUT2D eigenvalue weighted by Gasteiger charge is 2.12. The van der Waals surface area contributed by atoms with Gasteiger partial charge in [0.05, 0.1) is 0 Å². The molecular formula is C15H21N3O. The molecular weight excluding hydrogens is 238 g/mol. The molecule has 0 saturated heterocycles. The van der Waals surface area contributed by atoms with Gasteiger partial charge in [-0.2, -0.15) is 0 Å². The third-order valence-corrected chi connectivity index (χ3v) is 3.21. The van der Waals surface area contributed by atoms with Crippen LogP contribution in [-0.2, 0) is 0 Å². The van der Waals surface area contributed by atoms with Crippen molar-refractivity contribution >= 4 is 11.6 Å². The second-order valence-electron chi connectivity index (χ2n) is 4.96. The predicted molar refractivity (Wildman–Crippen MR) is 76.3 cm³/mol. The molecule has 1 amide bonds. The van der Waals surface area contributed by atoms with E-state index < -0.39 is 0 Å². The topological polar surface area (TPSA) is 46.4 Å². The van der Waals surface area contributed by atoms with E-state index in [0.29, 0.717) is 5.69 Å². The number of unbranched alkanes of at least 4 members (excludes halogenated alkanes) is 2. The molecule has 4 heteroatoms. The van der Waals surface area contributed by atoms with Crippen molar-refractivity contribution in [2.45, 2.75) is 45.6 Å². The standard InChI is InChI=1S/C15H21N3O/c1-3-4-5-8-12(2)16-15(19)13-11-18-10-7-6-9-14(18)17-13/h6-7,9-12H,3-5,8H2,1-2H3,(H,16,19)/t12-/m0/s1. The minimum Gasteiger partial charge on any atom is -0.348 e. The molecule has 4 nitrogen and oxygen atoms in total. The highest BCUT2D eigenvalue weighted by atomic mass is 16.1. The maximum absolute atomic E-state index is 12.1. The van der Waals surface area contributed by atoms with E-state index in [4.69, 9.17) is 0 Å². The zero-order valence-corrected chi connectivity index (χ0v) is 11.6. The van der Waals surface area contributed by atoms with Crippen LogP contribution >= 0.6 is 0 Å². The lowest BCUT2D eigenvalue weighted by molar-refractivity contribution is 0.0933. The van der Waals surface area contributed by atoms with E-state index in [1.807, 2.05) is 35.7 Å². The Morgan fingerprint density at radius 1 is 1.42 bits per heavy atom. The van der Waals surface area contributed by atoms with Crippen LogP contribution in [0.5, 0.6) is 0 Å². The average molecular weight is 259 g/mol. The molecule has 0 spiro atoms. The monoisotopic (exact) mass is 259 g/mol. The molecule has 2 heterocycles. The van der Waals surface area contributed by atoms with Gasteiger partial charge in [-0.3, -0.25) is 4.79 Å². The van der Waals surface area contributed by atoms with Gasteiger partial charge in [0.2, 0.25) is 0 Å². The Labute approximate surface area is 113 Å². The molecule has 0 fully saturated rings. The number of nitrogens with one attached hydrogen (secondary N) is 1. The fourth-order valence-corrected chi connectivity index (χ4v) is 2.11. The number of hydrogen-bond acceptors (Lipinski definition) is 2. The van der Waals surface area contributed by atoms with Gasteiger partial charge in [-0.1, -0.05) is 32.3 Å². The number of carbonyl (C=O) groups is 1. The number of carbonyl (C=O) groups excluding carboxylic acids is 1. The molecule has 0 aliphatic rings. The van der Waals surface area contributed by atoms with Crippen LogP contribution in [0.4, 0.5) is 0 Å². The third-order valence-electron chi connectivity index (χ3n) is 3.21. The zero-order chi connectivity index (χ0) is 13.7. The van der Waals surface area contributed by atoms with Crippen molar-refractivity contribution < 1.29 is 4.79 Å². The van der Waals surface area contributed by atoms with Crippen molar-refractivity contribution in [3.05, 3.63) is 36.3 Å². The van der Waals surface area contributed by atoms with Gasteiger partial charge in [0.15, 0.2) is 0 Å². The molecule has 102 valence electrons. The molecule has 19 heavy (non-hydrogen) atoms. The predicted octanol–water partition coefficient (Wildman–Crippen LogP) is 3.03. The number of rotatable bonds is 6. The molecule has 0 bridgehead atoms. The van der Waals surface area contributed by atoms with E-state index in [-0.39, 0.29) is 11.9 Å². The number of aromatic nitrogens is 2. The van der Waals surface area contributed by atoms with E-state index in [1.54, 1.807) is 6.20 Å². The van der Waals surface area contributed by atoms with Crippen LogP contribution in [-0.4, -0.2) is 21.3 Å². The first-order chi connectivity index (χ1) is 9.20. The minimum absolute atomic E-state index is 0.0901. The number of fused-ring (bicyclic) bond motifs is 1. The maximum Gasteiger partial charge on any atom is 0.271 e. The first kappa shape index (κ1) is 13.6. The quantitative estimate of drug-likeness (QED) is 0.810. The molecule has 0 radical (unpaired) electrons. The second kappa shape index (κ2) is 6.36. The first-order valence-corrected chi connectivity index (χ1v) is 6.95. The Balaban J connectivity index is 1.95. The molecule has 0 aliphatic heterocycles. The van der Waals surface area contributed by atoms with Crippen molar-refractivity contribution in [3.8, 4) is 0 Å². The lowest BCUT2D eigenvalue weighted by atomic mass is 10.1. The van der Waals surface area contributed by atoms with Crippen LogP contribution in [0, 0.1) is 0 Å². The first-order valence-electron chi connectivity index (χ1n) is 6.95. The van der Waals surface area contributed by atoms with Gasteiger partial charge < -0.3 is 9.72 Å². The fourth-order valence-electron chi connectivity index (χ4n) is 2.11. The van der Waals surface area contributed by atoms with Crippen LogP contribution in [0.1, 0.15) is 50.0 Å². The van der Waals surface area contributed by atoms with Gasteiger partial charge in [-0.05, 0) is 25.5 Å². The van der Waals surface area contributed by atoms with Gasteiger partial charge in [-0.25, -0.2) is 4.98 Å². The Morgan fingerprint density at radius 2 is 2.26 bits per heavy atom. The number of imidazole rings is 1. The summed E-state index contributed by atoms with van der Waals surface area (Å²) in [5.41, 5.74) is 1.28. The largest absolute Gasteiger partial charge is 0.348 e. The Hall–Kier alpha value is -1.84. The SMILES string of the molecule is CCCCC[C@H](C)NC(=O)c1cn2ccccc2n1. The van der Waals surface area contributed by atoms with Gasteiger partial charge in [-0.15, -0.1) is 0 Å². The highest BCUT2D eigenvalue weighted by molar-refractivity contribution is 5.93. The number of pyridine rings is 1. The van der Waals surface area contributed by atoms with Crippen molar-refractivity contribution in [2.24, 2.45) is 0 Å². The second-order valence-corrected chi connectivity index (χ2v) is 4.96. The van der Waals surface area contributed by atoms with E-state index in [0.717, 1.165) is 18.5 Å². The highest BCUT2D eigenvalue weighted by Crippen LogP contribution is 2.06. The fraction of sp³-hybridized carbons (Fsp3) is 0.467. The van der Waals surface area contributed by atoms with Crippen LogP contribution < -0.4 is 5.32 Å². The lowest BCUT2D eigenvalue weighted by Gasteiger charge is -2.12. The molecule has 2 rings (SSSR count). The summed E-state index contributed by atoms with van der Waals surface area (Å²) in [6.45, 7) is 4.23. The molecule has 1 N–H and O–H groups in total. The molecule has 0 aromatic carbocycles. The summed E-state index contributed by atoms with van der Waals surface area (Å²) in [6, 6.07) is 5.92. The number of hydrogen-bond donors (Lipinski definition) is 1. The number of nitrogens with zero attached hydrogens (tertiary/aromatic N) is 2. The summed E-state index contributed by atoms with van der Waals surface area (Å²) in [7, 11) is 0. The molecule has 0 unspecified atom stereocenters. The lowest BCUT2D eigenvalue weighted by Crippen LogP contribution is -2.32. The normalized spacial score (nSPS) is 12.5. The van der Waals surface area contributed by atoms with Gasteiger partial charge in [0.25, 0.3) is 5.91 Å². The van der Waals surface area contributed by atoms with E-state index in [9.17, 15) is 4.79 Å². The van der Waals surface area contributed by atoms with Crippen LogP contribution in [0.15, 0.2) is 30.6 Å². The Morgan fingerprint density at radius 3 is 3.00 bits per heavy atom. The van der Waals surface area contributed by atoms with Crippen molar-refractivity contribution in [3.63, 3.8) is 0 Å². The summed E-state index contributed by atoms with van der Waals surface area (Å²) in [5, 5.41) is 3.00. The van der Waals surface area contributed by atoms with Crippen molar-refractivity contribution in [1.82, 2.24) is 14.7 Å². The minimum atomic E-state index is -0.0901. The van der Waals surface area contributed by atoms with Gasteiger partial charge in [0.1, 0.15) is 11.3 Å². The maximum atomic E-state index is 12.1. The van der Waals surface area contributed by atoms with Crippen molar-refractivity contribution in [2.75, 3.05) is 0 Å². The summed E-state index contributed by atoms with van der Waals surface area (Å²) in [4.78, 5) is 16.4. The van der Waals surface area contributed by atoms with E-state index >= 15 is 0 Å².